The highest BCUT2D eigenvalue weighted by atomic mass is 32.2. The Morgan fingerprint density at radius 3 is 2.36 bits per heavy atom. The summed E-state index contributed by atoms with van der Waals surface area (Å²) in [7, 11) is -0.741. The van der Waals surface area contributed by atoms with E-state index in [-0.39, 0.29) is 11.2 Å². The van der Waals surface area contributed by atoms with Gasteiger partial charge in [-0.1, -0.05) is 0 Å². The molecule has 0 radical (unpaired) electrons. The van der Waals surface area contributed by atoms with Crippen LogP contribution in [0.5, 0.6) is 0 Å². The highest BCUT2D eigenvalue weighted by Crippen LogP contribution is 2.49. The minimum Gasteiger partial charge on any atom is -0.299 e. The lowest BCUT2D eigenvalue weighted by molar-refractivity contribution is -0.122. The maximum absolute atomic E-state index is 11.0. The summed E-state index contributed by atoms with van der Waals surface area (Å²) in [6.07, 6.45) is 4.54. The first-order chi connectivity index (χ1) is 5.07. The van der Waals surface area contributed by atoms with E-state index < -0.39 is 10.8 Å². The van der Waals surface area contributed by atoms with Crippen LogP contribution in [0, 0.1) is 5.41 Å². The molecular formula is C8H14O2S. The number of ketones is 1. The Morgan fingerprint density at radius 1 is 1.55 bits per heavy atom. The molecule has 1 fully saturated rings. The summed E-state index contributed by atoms with van der Waals surface area (Å²) >= 11 is 0. The topological polar surface area (TPSA) is 34.1 Å². The van der Waals surface area contributed by atoms with Crippen molar-refractivity contribution in [3.8, 4) is 0 Å². The van der Waals surface area contributed by atoms with Crippen LogP contribution in [0.15, 0.2) is 0 Å². The predicted octanol–water partition coefficient (Wildman–Crippen LogP) is 1.12. The van der Waals surface area contributed by atoms with Gasteiger partial charge < -0.3 is 0 Å². The molecule has 2 nitrogen and oxygen atoms in total. The molecule has 0 spiro atoms. The SMILES string of the molecule is CC(=O)C1(CCS(C)=O)CC1. The third-order valence-corrected chi connectivity index (χ3v) is 3.25. The van der Waals surface area contributed by atoms with Crippen LogP contribution in [0.4, 0.5) is 0 Å². The smallest absolute Gasteiger partial charge is 0.135 e. The van der Waals surface area contributed by atoms with Crippen molar-refractivity contribution in [2.75, 3.05) is 12.0 Å². The zero-order chi connectivity index (χ0) is 8.48. The molecule has 0 aromatic rings. The van der Waals surface area contributed by atoms with Crippen molar-refractivity contribution in [1.29, 1.82) is 0 Å². The van der Waals surface area contributed by atoms with Crippen LogP contribution in [0.1, 0.15) is 26.2 Å². The van der Waals surface area contributed by atoms with Gasteiger partial charge in [0.1, 0.15) is 5.78 Å². The van der Waals surface area contributed by atoms with Crippen LogP contribution < -0.4 is 0 Å². The first-order valence-electron chi connectivity index (χ1n) is 3.88. The standard InChI is InChI=1S/C8H14O2S/c1-7(9)8(3-4-8)5-6-11(2)10/h3-6H2,1-2H3. The monoisotopic (exact) mass is 174 g/mol. The molecule has 0 bridgehead atoms. The van der Waals surface area contributed by atoms with Gasteiger partial charge in [0.25, 0.3) is 0 Å². The Labute approximate surface area is 69.8 Å². The fraction of sp³-hybridized carbons (Fsp3) is 0.875. The van der Waals surface area contributed by atoms with E-state index in [1.54, 1.807) is 13.2 Å². The van der Waals surface area contributed by atoms with Gasteiger partial charge >= 0.3 is 0 Å². The van der Waals surface area contributed by atoms with E-state index >= 15 is 0 Å². The predicted molar refractivity (Wildman–Crippen MR) is 45.9 cm³/mol. The Balaban J connectivity index is 2.36. The largest absolute Gasteiger partial charge is 0.299 e. The molecule has 0 aliphatic heterocycles. The van der Waals surface area contributed by atoms with Crippen LogP contribution >= 0.6 is 0 Å². The molecule has 1 aliphatic carbocycles. The van der Waals surface area contributed by atoms with Crippen LogP contribution in [-0.4, -0.2) is 22.0 Å². The van der Waals surface area contributed by atoms with Gasteiger partial charge in [-0.3, -0.25) is 9.00 Å². The second-order valence-corrected chi connectivity index (χ2v) is 4.92. The van der Waals surface area contributed by atoms with Crippen molar-refractivity contribution in [3.63, 3.8) is 0 Å². The minimum absolute atomic E-state index is 0.0499. The molecule has 11 heavy (non-hydrogen) atoms. The highest BCUT2D eigenvalue weighted by Gasteiger charge is 2.46. The number of rotatable bonds is 4. The summed E-state index contributed by atoms with van der Waals surface area (Å²) in [6, 6.07) is 0. The van der Waals surface area contributed by atoms with Gasteiger partial charge in [-0.05, 0) is 26.2 Å². The Hall–Kier alpha value is -0.180. The molecule has 64 valence electrons. The third-order valence-electron chi connectivity index (χ3n) is 2.47. The molecule has 0 aromatic heterocycles. The fourth-order valence-corrected chi connectivity index (χ4v) is 1.95. The van der Waals surface area contributed by atoms with Gasteiger partial charge in [0, 0.05) is 28.2 Å². The minimum atomic E-state index is -0.741. The van der Waals surface area contributed by atoms with Gasteiger partial charge in [0.05, 0.1) is 0 Å². The molecule has 0 aromatic carbocycles. The quantitative estimate of drug-likeness (QED) is 0.640. The van der Waals surface area contributed by atoms with E-state index in [9.17, 15) is 9.00 Å². The molecular weight excluding hydrogens is 160 g/mol. The molecule has 0 saturated heterocycles. The number of Topliss-reactive ketones (excluding diaryl/α,β-unsaturated/α-hetero) is 1. The number of carbonyl (C=O) groups is 1. The summed E-state index contributed by atoms with van der Waals surface area (Å²) in [4.78, 5) is 11.0. The average molecular weight is 174 g/mol. The second-order valence-electron chi connectivity index (χ2n) is 3.36. The normalized spacial score (nSPS) is 22.7. The molecule has 3 heteroatoms. The first-order valence-corrected chi connectivity index (χ1v) is 5.61. The summed E-state index contributed by atoms with van der Waals surface area (Å²) in [6.45, 7) is 1.64. The molecule has 1 saturated carbocycles. The summed E-state index contributed by atoms with van der Waals surface area (Å²) < 4.78 is 10.7. The van der Waals surface area contributed by atoms with Crippen LogP contribution in [-0.2, 0) is 15.6 Å². The first kappa shape index (κ1) is 8.91. The molecule has 1 rings (SSSR count). The lowest BCUT2D eigenvalue weighted by atomic mass is 9.99. The van der Waals surface area contributed by atoms with Gasteiger partial charge in [-0.15, -0.1) is 0 Å². The summed E-state index contributed by atoms with van der Waals surface area (Å²) in [5.74, 6) is 0.961. The maximum atomic E-state index is 11.0. The molecule has 0 heterocycles. The Kier molecular flexibility index (Phi) is 2.47. The zero-order valence-corrected chi connectivity index (χ0v) is 7.87. The van der Waals surface area contributed by atoms with Crippen molar-refractivity contribution in [1.82, 2.24) is 0 Å². The maximum Gasteiger partial charge on any atom is 0.135 e. The molecule has 0 amide bonds. The van der Waals surface area contributed by atoms with Gasteiger partial charge in [-0.25, -0.2) is 0 Å². The number of carbonyl (C=O) groups excluding carboxylic acids is 1. The van der Waals surface area contributed by atoms with E-state index in [4.69, 9.17) is 0 Å². The molecule has 1 unspecified atom stereocenters. The zero-order valence-electron chi connectivity index (χ0n) is 7.05. The van der Waals surface area contributed by atoms with E-state index in [1.807, 2.05) is 0 Å². The summed E-state index contributed by atoms with van der Waals surface area (Å²) in [5, 5.41) is 0. The van der Waals surface area contributed by atoms with Crippen LogP contribution in [0.3, 0.4) is 0 Å². The molecule has 1 atom stereocenters. The van der Waals surface area contributed by atoms with E-state index in [0.717, 1.165) is 19.3 Å². The Morgan fingerprint density at radius 2 is 2.09 bits per heavy atom. The van der Waals surface area contributed by atoms with Crippen molar-refractivity contribution in [2.24, 2.45) is 5.41 Å². The third kappa shape index (κ3) is 2.12. The van der Waals surface area contributed by atoms with Crippen LogP contribution in [0.25, 0.3) is 0 Å². The second kappa shape index (κ2) is 3.05. The van der Waals surface area contributed by atoms with E-state index in [2.05, 4.69) is 0 Å². The van der Waals surface area contributed by atoms with Crippen molar-refractivity contribution in [3.05, 3.63) is 0 Å². The molecule has 1 aliphatic rings. The number of hydrogen-bond donors (Lipinski definition) is 0. The number of hydrogen-bond acceptors (Lipinski definition) is 2. The summed E-state index contributed by atoms with van der Waals surface area (Å²) in [5.41, 5.74) is -0.0499. The fourth-order valence-electron chi connectivity index (χ4n) is 1.27. The van der Waals surface area contributed by atoms with Crippen molar-refractivity contribution >= 4 is 16.6 Å². The molecule has 0 N–H and O–H groups in total. The van der Waals surface area contributed by atoms with E-state index in [1.165, 1.54) is 0 Å². The van der Waals surface area contributed by atoms with Crippen LogP contribution in [0.2, 0.25) is 0 Å². The van der Waals surface area contributed by atoms with Gasteiger partial charge in [-0.2, -0.15) is 0 Å². The van der Waals surface area contributed by atoms with Gasteiger partial charge in [0.2, 0.25) is 0 Å². The lowest BCUT2D eigenvalue weighted by Gasteiger charge is -2.08. The van der Waals surface area contributed by atoms with Crippen molar-refractivity contribution < 1.29 is 9.00 Å². The van der Waals surface area contributed by atoms with E-state index in [0.29, 0.717) is 5.75 Å². The average Bonchev–Trinajstić information content (AvgIpc) is 2.63. The lowest BCUT2D eigenvalue weighted by Crippen LogP contribution is -2.14. The highest BCUT2D eigenvalue weighted by molar-refractivity contribution is 7.84. The van der Waals surface area contributed by atoms with Gasteiger partial charge in [0.15, 0.2) is 0 Å². The van der Waals surface area contributed by atoms with Crippen molar-refractivity contribution in [2.45, 2.75) is 26.2 Å². The Bertz CT molecular complexity index is 194.